The number of esters is 1. The summed E-state index contributed by atoms with van der Waals surface area (Å²) in [5, 5.41) is 2.68. The number of hydrogen-bond donors (Lipinski definition) is 1. The first-order valence-electron chi connectivity index (χ1n) is 10.1. The van der Waals surface area contributed by atoms with Crippen molar-refractivity contribution in [1.82, 2.24) is 10.3 Å². The fourth-order valence-corrected chi connectivity index (χ4v) is 4.50. The molecule has 0 radical (unpaired) electrons. The largest absolute Gasteiger partial charge is 0.474 e. The van der Waals surface area contributed by atoms with Crippen LogP contribution in [-0.2, 0) is 26.7 Å². The Bertz CT molecular complexity index is 1100. The monoisotopic (exact) mass is 483 g/mol. The molecule has 2 heterocycles. The van der Waals surface area contributed by atoms with E-state index in [0.717, 1.165) is 24.3 Å². The van der Waals surface area contributed by atoms with Crippen LogP contribution in [0.4, 0.5) is 18.9 Å². The molecule has 1 aliphatic carbocycles. The molecule has 4 rings (SSSR count). The van der Waals surface area contributed by atoms with Crippen LogP contribution in [0.25, 0.3) is 0 Å². The SMILES string of the molecule is CCOC(=O)C1(NC(=O)c2cnc3c(c2)N(S(=O)c2ccc(C(F)(F)F)cc2)CCO3)CC1. The van der Waals surface area contributed by atoms with Crippen molar-refractivity contribution in [3.63, 3.8) is 0 Å². The summed E-state index contributed by atoms with van der Waals surface area (Å²) in [7, 11) is -1.86. The third-order valence-corrected chi connectivity index (χ3v) is 6.70. The summed E-state index contributed by atoms with van der Waals surface area (Å²) in [5.74, 6) is -0.913. The molecule has 0 spiro atoms. The summed E-state index contributed by atoms with van der Waals surface area (Å²) >= 11 is 0. The van der Waals surface area contributed by atoms with Crippen LogP contribution in [0.2, 0.25) is 0 Å². The number of fused-ring (bicyclic) bond motifs is 1. The van der Waals surface area contributed by atoms with Gasteiger partial charge in [-0.15, -0.1) is 0 Å². The average Bonchev–Trinajstić information content (AvgIpc) is 3.58. The predicted octanol–water partition coefficient (Wildman–Crippen LogP) is 2.85. The number of benzene rings is 1. The Morgan fingerprint density at radius 2 is 1.97 bits per heavy atom. The van der Waals surface area contributed by atoms with Crippen LogP contribution in [0.15, 0.2) is 41.4 Å². The number of pyridine rings is 1. The minimum absolute atomic E-state index is 0.115. The number of carbonyl (C=O) groups excluding carboxylic acids is 2. The van der Waals surface area contributed by atoms with E-state index < -0.39 is 40.1 Å². The Labute approximate surface area is 189 Å². The van der Waals surface area contributed by atoms with Gasteiger partial charge in [-0.25, -0.2) is 14.0 Å². The lowest BCUT2D eigenvalue weighted by Gasteiger charge is -2.29. The fourth-order valence-electron chi connectivity index (χ4n) is 3.32. The lowest BCUT2D eigenvalue weighted by atomic mass is 10.2. The molecule has 1 atom stereocenters. The average molecular weight is 483 g/mol. The minimum atomic E-state index is -4.50. The van der Waals surface area contributed by atoms with Crippen molar-refractivity contribution in [2.24, 2.45) is 0 Å². The van der Waals surface area contributed by atoms with Crippen molar-refractivity contribution in [2.75, 3.05) is 24.1 Å². The Morgan fingerprint density at radius 1 is 1.27 bits per heavy atom. The molecule has 1 amide bonds. The van der Waals surface area contributed by atoms with E-state index in [0.29, 0.717) is 12.8 Å². The second kappa shape index (κ2) is 8.65. The lowest BCUT2D eigenvalue weighted by Crippen LogP contribution is -2.44. The first kappa shape index (κ1) is 23.0. The van der Waals surface area contributed by atoms with Gasteiger partial charge in [0.25, 0.3) is 5.91 Å². The van der Waals surface area contributed by atoms with E-state index in [4.69, 9.17) is 9.47 Å². The molecule has 12 heteroatoms. The molecule has 1 aromatic heterocycles. The highest BCUT2D eigenvalue weighted by molar-refractivity contribution is 7.86. The molecule has 8 nitrogen and oxygen atoms in total. The third-order valence-electron chi connectivity index (χ3n) is 5.25. The predicted molar refractivity (Wildman–Crippen MR) is 111 cm³/mol. The molecular formula is C21H20F3N3O5S. The molecule has 176 valence electrons. The highest BCUT2D eigenvalue weighted by atomic mass is 32.2. The molecule has 1 saturated carbocycles. The molecular weight excluding hydrogens is 463 g/mol. The Morgan fingerprint density at radius 3 is 2.58 bits per heavy atom. The van der Waals surface area contributed by atoms with Crippen LogP contribution in [-0.4, -0.2) is 46.4 Å². The standard InChI is InChI=1S/C21H20F3N3O5S/c1-2-31-19(29)20(7-8-20)26-17(28)13-11-16-18(25-12-13)32-10-9-27(16)33(30)15-5-3-14(4-6-15)21(22,23)24/h3-6,11-12H,2,7-10H2,1H3,(H,26,28). The fraction of sp³-hybridized carbons (Fsp3) is 0.381. The number of hydrogen-bond acceptors (Lipinski definition) is 6. The summed E-state index contributed by atoms with van der Waals surface area (Å²) in [6, 6.07) is 5.45. The highest BCUT2D eigenvalue weighted by Crippen LogP contribution is 2.38. The minimum Gasteiger partial charge on any atom is -0.474 e. The van der Waals surface area contributed by atoms with Crippen LogP contribution in [0.5, 0.6) is 5.88 Å². The van der Waals surface area contributed by atoms with Crippen molar-refractivity contribution in [3.8, 4) is 5.88 Å². The van der Waals surface area contributed by atoms with Crippen molar-refractivity contribution < 1.29 is 36.4 Å². The van der Waals surface area contributed by atoms with Gasteiger partial charge in [-0.2, -0.15) is 13.2 Å². The molecule has 0 bridgehead atoms. The van der Waals surface area contributed by atoms with Crippen LogP contribution < -0.4 is 14.4 Å². The molecule has 1 unspecified atom stereocenters. The van der Waals surface area contributed by atoms with Gasteiger partial charge in [-0.1, -0.05) is 0 Å². The van der Waals surface area contributed by atoms with Crippen LogP contribution in [0.3, 0.4) is 0 Å². The van der Waals surface area contributed by atoms with Gasteiger partial charge >= 0.3 is 12.1 Å². The number of carbonyl (C=O) groups is 2. The quantitative estimate of drug-likeness (QED) is 0.635. The van der Waals surface area contributed by atoms with Crippen molar-refractivity contribution in [3.05, 3.63) is 47.7 Å². The Hall–Kier alpha value is -3.15. The number of nitrogens with one attached hydrogen (secondary N) is 1. The molecule has 1 N–H and O–H groups in total. The molecule has 33 heavy (non-hydrogen) atoms. The summed E-state index contributed by atoms with van der Waals surface area (Å²) in [6.07, 6.45) is -2.30. The first-order chi connectivity index (χ1) is 15.6. The van der Waals surface area contributed by atoms with Gasteiger partial charge in [0.1, 0.15) is 17.8 Å². The zero-order valence-corrected chi connectivity index (χ0v) is 18.3. The van der Waals surface area contributed by atoms with Crippen LogP contribution in [0, 0.1) is 0 Å². The van der Waals surface area contributed by atoms with Gasteiger partial charge in [0, 0.05) is 6.20 Å². The molecule has 1 fully saturated rings. The van der Waals surface area contributed by atoms with Crippen molar-refractivity contribution >= 4 is 28.5 Å². The Balaban J connectivity index is 1.56. The maximum Gasteiger partial charge on any atom is 0.416 e. The second-order valence-corrected chi connectivity index (χ2v) is 8.94. The first-order valence-corrected chi connectivity index (χ1v) is 11.2. The summed E-state index contributed by atoms with van der Waals surface area (Å²) in [6.45, 7) is 2.19. The van der Waals surface area contributed by atoms with E-state index in [-0.39, 0.29) is 41.8 Å². The number of halogens is 3. The van der Waals surface area contributed by atoms with E-state index in [1.54, 1.807) is 6.92 Å². The van der Waals surface area contributed by atoms with Crippen molar-refractivity contribution in [2.45, 2.75) is 36.4 Å². The smallest absolute Gasteiger partial charge is 0.416 e. The van der Waals surface area contributed by atoms with E-state index >= 15 is 0 Å². The number of anilines is 1. The van der Waals surface area contributed by atoms with Gasteiger partial charge in [-0.3, -0.25) is 9.10 Å². The summed E-state index contributed by atoms with van der Waals surface area (Å²) in [4.78, 5) is 29.2. The van der Waals surface area contributed by atoms with Gasteiger partial charge < -0.3 is 14.8 Å². The van der Waals surface area contributed by atoms with Gasteiger partial charge in [0.05, 0.1) is 29.2 Å². The van der Waals surface area contributed by atoms with Gasteiger partial charge in [-0.05, 0) is 50.1 Å². The second-order valence-electron chi connectivity index (χ2n) is 7.53. The number of aromatic nitrogens is 1. The maximum atomic E-state index is 13.1. The van der Waals surface area contributed by atoms with Crippen molar-refractivity contribution in [1.29, 1.82) is 0 Å². The molecule has 1 aliphatic heterocycles. The summed E-state index contributed by atoms with van der Waals surface area (Å²) < 4.78 is 63.5. The van der Waals surface area contributed by atoms with E-state index in [2.05, 4.69) is 10.3 Å². The molecule has 2 aromatic rings. The number of rotatable bonds is 6. The number of amides is 1. The molecule has 1 aromatic carbocycles. The van der Waals surface area contributed by atoms with E-state index in [1.807, 2.05) is 0 Å². The van der Waals surface area contributed by atoms with Crippen LogP contribution in [0.1, 0.15) is 35.7 Å². The van der Waals surface area contributed by atoms with E-state index in [9.17, 15) is 27.0 Å². The molecule has 0 saturated heterocycles. The topological polar surface area (TPSA) is 97.8 Å². The summed E-state index contributed by atoms with van der Waals surface area (Å²) in [5.41, 5.74) is -1.53. The Kier molecular flexibility index (Phi) is 6.04. The zero-order chi connectivity index (χ0) is 23.8. The normalized spacial score (nSPS) is 17.4. The number of nitrogens with zero attached hydrogens (tertiary/aromatic N) is 2. The highest BCUT2D eigenvalue weighted by Gasteiger charge is 2.52. The molecule has 2 aliphatic rings. The van der Waals surface area contributed by atoms with Gasteiger partial charge in [0.2, 0.25) is 5.88 Å². The zero-order valence-electron chi connectivity index (χ0n) is 17.5. The van der Waals surface area contributed by atoms with Crippen LogP contribution >= 0.6 is 0 Å². The maximum absolute atomic E-state index is 13.1. The third kappa shape index (κ3) is 4.65. The van der Waals surface area contributed by atoms with Gasteiger partial charge in [0.15, 0.2) is 11.0 Å². The number of alkyl halides is 3. The number of ether oxygens (including phenoxy) is 2. The van der Waals surface area contributed by atoms with E-state index in [1.165, 1.54) is 16.6 Å². The lowest BCUT2D eigenvalue weighted by molar-refractivity contribution is -0.146.